The first-order valence-electron chi connectivity index (χ1n) is 11.3. The molecule has 1 N–H and O–H groups in total. The molecule has 2 aromatic heterocycles. The first kappa shape index (κ1) is 26.7. The van der Waals surface area contributed by atoms with Crippen LogP contribution in [0.2, 0.25) is 0 Å². The van der Waals surface area contributed by atoms with Crippen LogP contribution in [0.1, 0.15) is 26.3 Å². The minimum absolute atomic E-state index is 0.148. The molecule has 2 heterocycles. The van der Waals surface area contributed by atoms with Gasteiger partial charge in [0.2, 0.25) is 0 Å². The molecule has 0 spiro atoms. The zero-order valence-electron chi connectivity index (χ0n) is 19.6. The SMILES string of the molecule is CCN(CC)CC.O=c1c2sc(=S)n(CCc3ccccc3)c2[nH]c(=S)n1-c1ccc(Br)cc1. The lowest BCUT2D eigenvalue weighted by Gasteiger charge is -2.13. The number of rotatable bonds is 7. The van der Waals surface area contributed by atoms with Crippen molar-refractivity contribution >= 4 is 62.0 Å². The van der Waals surface area contributed by atoms with E-state index in [1.54, 1.807) is 0 Å². The molecular formula is C25H29BrN4OS3. The molecule has 0 aliphatic rings. The van der Waals surface area contributed by atoms with E-state index in [4.69, 9.17) is 24.4 Å². The Morgan fingerprint density at radius 3 is 2.15 bits per heavy atom. The van der Waals surface area contributed by atoms with Gasteiger partial charge in [-0.1, -0.05) is 78.4 Å². The molecule has 0 saturated heterocycles. The molecule has 34 heavy (non-hydrogen) atoms. The molecule has 5 nitrogen and oxygen atoms in total. The summed E-state index contributed by atoms with van der Waals surface area (Å²) in [5, 5.41) is 0. The van der Waals surface area contributed by atoms with E-state index in [0.29, 0.717) is 25.6 Å². The number of aryl methyl sites for hydroxylation is 2. The number of benzene rings is 2. The lowest BCUT2D eigenvalue weighted by atomic mass is 10.1. The van der Waals surface area contributed by atoms with Gasteiger partial charge in [-0.3, -0.25) is 9.36 Å². The Morgan fingerprint density at radius 2 is 1.59 bits per heavy atom. The number of aromatic nitrogens is 3. The zero-order valence-corrected chi connectivity index (χ0v) is 23.6. The van der Waals surface area contributed by atoms with Gasteiger partial charge >= 0.3 is 0 Å². The highest BCUT2D eigenvalue weighted by molar-refractivity contribution is 9.10. The summed E-state index contributed by atoms with van der Waals surface area (Å²) in [7, 11) is 0. The van der Waals surface area contributed by atoms with Gasteiger partial charge in [-0.05, 0) is 80.3 Å². The highest BCUT2D eigenvalue weighted by Gasteiger charge is 2.14. The normalized spacial score (nSPS) is 11.0. The maximum absolute atomic E-state index is 13.1. The molecule has 0 amide bonds. The monoisotopic (exact) mass is 576 g/mol. The quantitative estimate of drug-likeness (QED) is 0.241. The molecule has 9 heteroatoms. The molecule has 0 radical (unpaired) electrons. The van der Waals surface area contributed by atoms with Gasteiger partial charge in [0, 0.05) is 11.0 Å². The number of thiazole rings is 1. The Bertz CT molecular complexity index is 1380. The first-order valence-corrected chi connectivity index (χ1v) is 13.7. The predicted octanol–water partition coefficient (Wildman–Crippen LogP) is 6.99. The topological polar surface area (TPSA) is 46.0 Å². The molecule has 180 valence electrons. The molecule has 2 aromatic carbocycles. The summed E-state index contributed by atoms with van der Waals surface area (Å²) in [6, 6.07) is 17.7. The molecular weight excluding hydrogens is 548 g/mol. The van der Waals surface area contributed by atoms with Gasteiger partial charge in [-0.2, -0.15) is 0 Å². The van der Waals surface area contributed by atoms with E-state index in [9.17, 15) is 4.79 Å². The minimum atomic E-state index is -0.148. The van der Waals surface area contributed by atoms with E-state index in [0.717, 1.165) is 16.6 Å². The third-order valence-corrected chi connectivity index (χ3v) is 7.86. The third kappa shape index (κ3) is 6.40. The Morgan fingerprint density at radius 1 is 0.971 bits per heavy atom. The molecule has 0 atom stereocenters. The second-order valence-electron chi connectivity index (χ2n) is 7.60. The summed E-state index contributed by atoms with van der Waals surface area (Å²) in [4.78, 5) is 18.7. The van der Waals surface area contributed by atoms with Gasteiger partial charge in [0.1, 0.15) is 10.3 Å². The van der Waals surface area contributed by atoms with Gasteiger partial charge in [0.25, 0.3) is 5.56 Å². The average molecular weight is 578 g/mol. The van der Waals surface area contributed by atoms with Crippen molar-refractivity contribution in [3.63, 3.8) is 0 Å². The van der Waals surface area contributed by atoms with E-state index in [-0.39, 0.29) is 5.56 Å². The molecule has 0 bridgehead atoms. The Balaban J connectivity index is 0.000000406. The van der Waals surface area contributed by atoms with Crippen LogP contribution < -0.4 is 5.56 Å². The standard InChI is InChI=1S/C19H14BrN3OS3.C6H15N/c20-13-6-8-14(9-7-13)23-17(24)15-16(21-18(23)25)22(19(26)27-15)11-10-12-4-2-1-3-5-12;1-4-7(5-2)6-3/h1-9H,10-11H2,(H,21,25);4-6H2,1-3H3. The number of nitrogens with zero attached hydrogens (tertiary/aromatic N) is 3. The molecule has 0 unspecified atom stereocenters. The third-order valence-electron chi connectivity index (χ3n) is 5.61. The number of aromatic amines is 1. The van der Waals surface area contributed by atoms with Crippen molar-refractivity contribution in [1.29, 1.82) is 0 Å². The largest absolute Gasteiger partial charge is 0.317 e. The van der Waals surface area contributed by atoms with Crippen LogP contribution in [0.4, 0.5) is 0 Å². The van der Waals surface area contributed by atoms with Crippen LogP contribution in [0, 0.1) is 8.73 Å². The Hall–Kier alpha value is -1.91. The van der Waals surface area contributed by atoms with Crippen LogP contribution in [0.5, 0.6) is 0 Å². The fraction of sp³-hybridized carbons (Fsp3) is 0.320. The van der Waals surface area contributed by atoms with Gasteiger partial charge in [-0.15, -0.1) is 0 Å². The highest BCUT2D eigenvalue weighted by Crippen LogP contribution is 2.21. The summed E-state index contributed by atoms with van der Waals surface area (Å²) in [6.45, 7) is 10.8. The number of halogens is 1. The van der Waals surface area contributed by atoms with Gasteiger partial charge < -0.3 is 14.5 Å². The van der Waals surface area contributed by atoms with Crippen molar-refractivity contribution in [2.75, 3.05) is 19.6 Å². The van der Waals surface area contributed by atoms with Crippen LogP contribution in [0.15, 0.2) is 63.9 Å². The summed E-state index contributed by atoms with van der Waals surface area (Å²) in [5.74, 6) is 0. The maximum atomic E-state index is 13.1. The predicted molar refractivity (Wildman–Crippen MR) is 153 cm³/mol. The number of hydrogen-bond acceptors (Lipinski definition) is 5. The summed E-state index contributed by atoms with van der Waals surface area (Å²) in [6.07, 6.45) is 0.831. The van der Waals surface area contributed by atoms with Crippen LogP contribution in [-0.2, 0) is 13.0 Å². The van der Waals surface area contributed by atoms with Crippen LogP contribution >= 0.6 is 51.7 Å². The molecule has 0 aliphatic heterocycles. The fourth-order valence-corrected chi connectivity index (χ4v) is 5.49. The highest BCUT2D eigenvalue weighted by atomic mass is 79.9. The van der Waals surface area contributed by atoms with Crippen molar-refractivity contribution in [1.82, 2.24) is 19.0 Å². The summed E-state index contributed by atoms with van der Waals surface area (Å²) < 4.78 is 6.03. The zero-order chi connectivity index (χ0) is 24.7. The average Bonchev–Trinajstić information content (AvgIpc) is 3.16. The Kier molecular flexibility index (Phi) is 9.97. The molecule has 0 saturated carbocycles. The van der Waals surface area contributed by atoms with Gasteiger partial charge in [0.05, 0.1) is 5.69 Å². The molecule has 4 rings (SSSR count). The maximum Gasteiger partial charge on any atom is 0.278 e. The first-order chi connectivity index (χ1) is 16.4. The number of hydrogen-bond donors (Lipinski definition) is 1. The van der Waals surface area contributed by atoms with Crippen molar-refractivity contribution in [2.45, 2.75) is 33.7 Å². The lowest BCUT2D eigenvalue weighted by Crippen LogP contribution is -2.21. The van der Waals surface area contributed by atoms with Crippen molar-refractivity contribution < 1.29 is 0 Å². The lowest BCUT2D eigenvalue weighted by molar-refractivity contribution is 0.321. The van der Waals surface area contributed by atoms with Crippen LogP contribution in [-0.4, -0.2) is 38.7 Å². The van der Waals surface area contributed by atoms with Gasteiger partial charge in [0.15, 0.2) is 8.73 Å². The molecule has 0 fully saturated rings. The number of fused-ring (bicyclic) bond motifs is 1. The number of nitrogens with one attached hydrogen (secondary N) is 1. The van der Waals surface area contributed by atoms with Gasteiger partial charge in [-0.25, -0.2) is 0 Å². The van der Waals surface area contributed by atoms with Crippen LogP contribution in [0.3, 0.4) is 0 Å². The van der Waals surface area contributed by atoms with Crippen molar-refractivity contribution in [2.24, 2.45) is 0 Å². The summed E-state index contributed by atoms with van der Waals surface area (Å²) >= 11 is 15.7. The van der Waals surface area contributed by atoms with Crippen molar-refractivity contribution in [3.8, 4) is 5.69 Å². The van der Waals surface area contributed by atoms with E-state index >= 15 is 0 Å². The smallest absolute Gasteiger partial charge is 0.278 e. The Labute approximate surface area is 222 Å². The number of H-pyrrole nitrogens is 1. The van der Waals surface area contributed by atoms with E-state index < -0.39 is 0 Å². The minimum Gasteiger partial charge on any atom is -0.317 e. The molecule has 4 aromatic rings. The second kappa shape index (κ2) is 12.7. The molecule has 0 aliphatic carbocycles. The van der Waals surface area contributed by atoms with E-state index in [1.165, 1.54) is 41.1 Å². The van der Waals surface area contributed by atoms with Crippen molar-refractivity contribution in [3.05, 3.63) is 83.7 Å². The summed E-state index contributed by atoms with van der Waals surface area (Å²) in [5.41, 5.74) is 2.50. The van der Waals surface area contributed by atoms with E-state index in [2.05, 4.69) is 58.7 Å². The fourth-order valence-electron chi connectivity index (χ4n) is 3.61. The van der Waals surface area contributed by atoms with Crippen LogP contribution in [0.25, 0.3) is 16.0 Å². The van der Waals surface area contributed by atoms with E-state index in [1.807, 2.05) is 47.0 Å². The second-order valence-corrected chi connectivity index (χ2v) is 10.5.